The van der Waals surface area contributed by atoms with Crippen LogP contribution < -0.4 is 10.7 Å². The van der Waals surface area contributed by atoms with Gasteiger partial charge in [0.25, 0.3) is 0 Å². The Labute approximate surface area is 200 Å². The summed E-state index contributed by atoms with van der Waals surface area (Å²) in [6.45, 7) is 0. The fourth-order valence-corrected chi connectivity index (χ4v) is 3.31. The first kappa shape index (κ1) is 20.4. The third-order valence-corrected chi connectivity index (χ3v) is 5.31. The average Bonchev–Trinajstić information content (AvgIpc) is 3.45. The zero-order chi connectivity index (χ0) is 21.9. The highest BCUT2D eigenvalue weighted by atomic mass is 127. The molecule has 0 radical (unpaired) electrons. The number of hydrogen-bond acceptors (Lipinski definition) is 9. The van der Waals surface area contributed by atoms with Crippen LogP contribution in [0.4, 0.5) is 17.3 Å². The Hall–Kier alpha value is -3.51. The van der Waals surface area contributed by atoms with Crippen molar-refractivity contribution in [2.24, 2.45) is 5.10 Å². The van der Waals surface area contributed by atoms with E-state index in [0.29, 0.717) is 28.2 Å². The normalized spacial score (nSPS) is 11.3. The second kappa shape index (κ2) is 8.93. The molecule has 2 aromatic carbocycles. The molecule has 32 heavy (non-hydrogen) atoms. The Balaban J connectivity index is 1.37. The largest absolute Gasteiger partial charge is 0.455 e. The molecule has 0 aliphatic carbocycles. The molecule has 3 heterocycles. The number of furan rings is 1. The molecule has 0 unspecified atom stereocenters. The topological polar surface area (TPSA) is 114 Å². The summed E-state index contributed by atoms with van der Waals surface area (Å²) < 4.78 is 11.7. The maximum Gasteiger partial charge on any atom is 0.245 e. The fraction of sp³-hybridized carbons (Fsp3) is 0. The first-order valence-electron chi connectivity index (χ1n) is 9.32. The molecule has 9 nitrogen and oxygen atoms in total. The summed E-state index contributed by atoms with van der Waals surface area (Å²) >= 11 is 8.18. The third kappa shape index (κ3) is 4.55. The molecule has 158 valence electrons. The molecule has 0 spiro atoms. The number of nitrogens with zero attached hydrogens (tertiary/aromatic N) is 5. The van der Waals surface area contributed by atoms with Gasteiger partial charge in [-0.05, 0) is 93.6 Å². The van der Waals surface area contributed by atoms with E-state index in [2.05, 4.69) is 58.7 Å². The van der Waals surface area contributed by atoms with E-state index in [9.17, 15) is 0 Å². The molecule has 0 fully saturated rings. The quantitative estimate of drug-likeness (QED) is 0.155. The predicted octanol–water partition coefficient (Wildman–Crippen LogP) is 5.72. The Kier molecular flexibility index (Phi) is 5.69. The van der Waals surface area contributed by atoms with E-state index in [1.54, 1.807) is 6.21 Å². The summed E-state index contributed by atoms with van der Waals surface area (Å²) in [7, 11) is 0. The molecule has 5 aromatic rings. The number of aromatic nitrogens is 4. The van der Waals surface area contributed by atoms with Gasteiger partial charge in [-0.25, -0.2) is 9.61 Å². The lowest BCUT2D eigenvalue weighted by atomic mass is 10.2. The molecule has 0 amide bonds. The SMILES string of the molecule is Clc1ccc(-c2ccc(/C=N\Nc3nc4nonc4nc3Nc3ccc(I)cc3)o2)cc1. The molecule has 0 aliphatic heterocycles. The van der Waals surface area contributed by atoms with Gasteiger partial charge in [-0.1, -0.05) is 11.6 Å². The fourth-order valence-electron chi connectivity index (χ4n) is 2.82. The van der Waals surface area contributed by atoms with E-state index >= 15 is 0 Å². The zero-order valence-electron chi connectivity index (χ0n) is 16.2. The monoisotopic (exact) mass is 557 g/mol. The van der Waals surface area contributed by atoms with Crippen LogP contribution in [0.1, 0.15) is 5.76 Å². The van der Waals surface area contributed by atoms with Crippen molar-refractivity contribution in [2.45, 2.75) is 0 Å². The Morgan fingerprint density at radius 1 is 0.875 bits per heavy atom. The van der Waals surface area contributed by atoms with E-state index in [0.717, 1.165) is 14.8 Å². The van der Waals surface area contributed by atoms with Crippen molar-refractivity contribution in [3.63, 3.8) is 0 Å². The summed E-state index contributed by atoms with van der Waals surface area (Å²) in [5.74, 6) is 2.05. The van der Waals surface area contributed by atoms with Crippen LogP contribution in [0.5, 0.6) is 0 Å². The second-order valence-electron chi connectivity index (χ2n) is 6.54. The molecule has 0 aliphatic rings. The molecule has 5 rings (SSSR count). The van der Waals surface area contributed by atoms with Gasteiger partial charge in [0.15, 0.2) is 11.6 Å². The van der Waals surface area contributed by atoms with Gasteiger partial charge in [0.2, 0.25) is 11.3 Å². The molecular formula is C21H13ClIN7O2. The van der Waals surface area contributed by atoms with Gasteiger partial charge in [-0.15, -0.1) is 0 Å². The van der Waals surface area contributed by atoms with Crippen molar-refractivity contribution in [3.8, 4) is 11.3 Å². The van der Waals surface area contributed by atoms with E-state index in [1.165, 1.54) is 0 Å². The van der Waals surface area contributed by atoms with Gasteiger partial charge < -0.3 is 9.73 Å². The zero-order valence-corrected chi connectivity index (χ0v) is 19.1. The Morgan fingerprint density at radius 3 is 2.34 bits per heavy atom. The van der Waals surface area contributed by atoms with Crippen molar-refractivity contribution in [2.75, 3.05) is 10.7 Å². The number of benzene rings is 2. The van der Waals surface area contributed by atoms with Crippen LogP contribution in [0.2, 0.25) is 5.02 Å². The number of hydrogen-bond donors (Lipinski definition) is 2. The third-order valence-electron chi connectivity index (χ3n) is 4.34. The van der Waals surface area contributed by atoms with Crippen molar-refractivity contribution in [1.82, 2.24) is 20.3 Å². The van der Waals surface area contributed by atoms with E-state index in [1.807, 2.05) is 60.7 Å². The standard InChI is InChI=1S/C21H13ClIN7O2/c22-13-3-1-12(2-4-13)17-10-9-16(31-17)11-24-28-19-18(25-15-7-5-14(23)6-8-15)26-20-21(27-19)30-32-29-20/h1-11H,(H,25,26,29)(H,27,28,30)/b24-11-. The lowest BCUT2D eigenvalue weighted by Gasteiger charge is -2.09. The van der Waals surface area contributed by atoms with E-state index < -0.39 is 0 Å². The second-order valence-corrected chi connectivity index (χ2v) is 8.23. The van der Waals surface area contributed by atoms with Crippen LogP contribution >= 0.6 is 34.2 Å². The van der Waals surface area contributed by atoms with Gasteiger partial charge in [-0.2, -0.15) is 10.1 Å². The number of nitrogens with one attached hydrogen (secondary N) is 2. The minimum atomic E-state index is 0.263. The molecule has 11 heteroatoms. The number of fused-ring (bicyclic) bond motifs is 1. The molecule has 0 saturated heterocycles. The number of anilines is 3. The minimum Gasteiger partial charge on any atom is -0.455 e. The molecule has 0 atom stereocenters. The van der Waals surface area contributed by atoms with E-state index in [4.69, 9.17) is 20.6 Å². The highest BCUT2D eigenvalue weighted by molar-refractivity contribution is 14.1. The summed E-state index contributed by atoms with van der Waals surface area (Å²) in [5.41, 5.74) is 5.18. The molecule has 0 saturated carbocycles. The minimum absolute atomic E-state index is 0.263. The number of rotatable bonds is 6. The van der Waals surface area contributed by atoms with Crippen LogP contribution in [0.15, 0.2) is 74.8 Å². The predicted molar refractivity (Wildman–Crippen MR) is 130 cm³/mol. The van der Waals surface area contributed by atoms with Gasteiger partial charge in [0.05, 0.1) is 6.21 Å². The van der Waals surface area contributed by atoms with Gasteiger partial charge in [0, 0.05) is 19.8 Å². The van der Waals surface area contributed by atoms with Crippen LogP contribution in [-0.2, 0) is 0 Å². The average molecular weight is 558 g/mol. The summed E-state index contributed by atoms with van der Waals surface area (Å²) in [6.07, 6.45) is 1.54. The van der Waals surface area contributed by atoms with Crippen molar-refractivity contribution in [1.29, 1.82) is 0 Å². The van der Waals surface area contributed by atoms with Crippen molar-refractivity contribution >= 4 is 69.0 Å². The first-order valence-corrected chi connectivity index (χ1v) is 10.8. The van der Waals surface area contributed by atoms with Crippen LogP contribution in [0.3, 0.4) is 0 Å². The molecule has 0 bridgehead atoms. The van der Waals surface area contributed by atoms with Gasteiger partial charge in [0.1, 0.15) is 11.5 Å². The summed E-state index contributed by atoms with van der Waals surface area (Å²) in [6, 6.07) is 18.9. The maximum atomic E-state index is 5.94. The Morgan fingerprint density at radius 2 is 1.59 bits per heavy atom. The van der Waals surface area contributed by atoms with Crippen LogP contribution in [-0.4, -0.2) is 26.5 Å². The number of hydrazone groups is 1. The smallest absolute Gasteiger partial charge is 0.245 e. The first-order chi connectivity index (χ1) is 15.6. The summed E-state index contributed by atoms with van der Waals surface area (Å²) in [5, 5.41) is 15.6. The highest BCUT2D eigenvalue weighted by Crippen LogP contribution is 2.25. The lowest BCUT2D eigenvalue weighted by Crippen LogP contribution is -2.03. The van der Waals surface area contributed by atoms with Crippen molar-refractivity contribution in [3.05, 3.63) is 75.0 Å². The molecule has 3 aromatic heterocycles. The molecular weight excluding hydrogens is 545 g/mol. The Bertz CT molecular complexity index is 1400. The summed E-state index contributed by atoms with van der Waals surface area (Å²) in [4.78, 5) is 8.80. The van der Waals surface area contributed by atoms with E-state index in [-0.39, 0.29) is 11.3 Å². The van der Waals surface area contributed by atoms with Gasteiger partial charge in [-0.3, -0.25) is 5.43 Å². The van der Waals surface area contributed by atoms with Crippen LogP contribution in [0, 0.1) is 3.57 Å². The lowest BCUT2D eigenvalue weighted by molar-refractivity contribution is 0.314. The van der Waals surface area contributed by atoms with Crippen LogP contribution in [0.25, 0.3) is 22.6 Å². The molecule has 2 N–H and O–H groups in total. The highest BCUT2D eigenvalue weighted by Gasteiger charge is 2.13. The van der Waals surface area contributed by atoms with Crippen molar-refractivity contribution < 1.29 is 9.05 Å². The van der Waals surface area contributed by atoms with Gasteiger partial charge >= 0.3 is 0 Å². The number of halogens is 2. The maximum absolute atomic E-state index is 5.94.